The molecular formula is C15H22N2O4S. The number of methoxy groups -OCH3 is 1. The molecule has 1 aromatic rings. The van der Waals surface area contributed by atoms with E-state index in [-0.39, 0.29) is 17.9 Å². The van der Waals surface area contributed by atoms with Gasteiger partial charge in [-0.15, -0.1) is 0 Å². The van der Waals surface area contributed by atoms with E-state index in [0.717, 1.165) is 11.1 Å². The number of nitrogens with one attached hydrogen (secondary N) is 1. The van der Waals surface area contributed by atoms with Gasteiger partial charge in [0.1, 0.15) is 0 Å². The first kappa shape index (κ1) is 16.8. The fourth-order valence-electron chi connectivity index (χ4n) is 2.58. The lowest BCUT2D eigenvalue weighted by atomic mass is 10.1. The van der Waals surface area contributed by atoms with Crippen LogP contribution in [0, 0.1) is 6.92 Å². The highest BCUT2D eigenvalue weighted by Gasteiger charge is 2.26. The summed E-state index contributed by atoms with van der Waals surface area (Å²) in [5.41, 5.74) is 1.77. The van der Waals surface area contributed by atoms with Gasteiger partial charge in [0.25, 0.3) is 0 Å². The van der Waals surface area contributed by atoms with Crippen LogP contribution >= 0.6 is 0 Å². The van der Waals surface area contributed by atoms with Crippen LogP contribution in [0.3, 0.4) is 0 Å². The zero-order chi connectivity index (χ0) is 16.2. The lowest BCUT2D eigenvalue weighted by Gasteiger charge is -2.31. The maximum Gasteiger partial charge on any atom is 0.409 e. The van der Waals surface area contributed by atoms with Gasteiger partial charge in [0.05, 0.1) is 12.9 Å². The molecule has 2 rings (SSSR count). The van der Waals surface area contributed by atoms with Crippen LogP contribution in [0.2, 0.25) is 0 Å². The maximum atomic E-state index is 12.3. The molecule has 1 heterocycles. The second-order valence-corrected chi connectivity index (χ2v) is 7.29. The van der Waals surface area contributed by atoms with Gasteiger partial charge in [0, 0.05) is 19.1 Å². The molecule has 0 saturated carbocycles. The minimum absolute atomic E-state index is 0.0170. The van der Waals surface area contributed by atoms with Crippen molar-refractivity contribution in [2.24, 2.45) is 0 Å². The summed E-state index contributed by atoms with van der Waals surface area (Å²) in [4.78, 5) is 13.0. The van der Waals surface area contributed by atoms with Crippen LogP contribution in [0.1, 0.15) is 24.0 Å². The standard InChI is InChI=1S/C15H22N2O4S/c1-12-5-3-4-6-13(12)11-22(19,20)16-14-7-9-17(10-8-14)15(18)21-2/h3-6,14,16H,7-11H2,1-2H3. The third-order valence-corrected chi connectivity index (χ3v) is 5.26. The van der Waals surface area contributed by atoms with E-state index in [0.29, 0.717) is 25.9 Å². The van der Waals surface area contributed by atoms with Crippen LogP contribution in [-0.4, -0.2) is 45.7 Å². The summed E-state index contributed by atoms with van der Waals surface area (Å²) >= 11 is 0. The van der Waals surface area contributed by atoms with Crippen molar-refractivity contribution in [1.29, 1.82) is 0 Å². The summed E-state index contributed by atoms with van der Waals surface area (Å²) in [5, 5.41) is 0. The number of ether oxygens (including phenoxy) is 1. The number of rotatable bonds is 4. The minimum atomic E-state index is -3.38. The zero-order valence-corrected chi connectivity index (χ0v) is 13.7. The Hall–Kier alpha value is -1.60. The minimum Gasteiger partial charge on any atom is -0.453 e. The smallest absolute Gasteiger partial charge is 0.409 e. The molecule has 22 heavy (non-hydrogen) atoms. The van der Waals surface area contributed by atoms with Crippen LogP contribution in [0.15, 0.2) is 24.3 Å². The molecular weight excluding hydrogens is 304 g/mol. The average Bonchev–Trinajstić information content (AvgIpc) is 2.49. The normalized spacial score (nSPS) is 16.5. The molecule has 0 bridgehead atoms. The second-order valence-electron chi connectivity index (χ2n) is 5.53. The quantitative estimate of drug-likeness (QED) is 0.913. The van der Waals surface area contributed by atoms with E-state index in [9.17, 15) is 13.2 Å². The van der Waals surface area contributed by atoms with Crippen molar-refractivity contribution in [2.45, 2.75) is 31.6 Å². The van der Waals surface area contributed by atoms with Gasteiger partial charge in [0.15, 0.2) is 0 Å². The molecule has 0 unspecified atom stereocenters. The van der Waals surface area contributed by atoms with Gasteiger partial charge in [0.2, 0.25) is 10.0 Å². The number of piperidine rings is 1. The third kappa shape index (κ3) is 4.45. The second kappa shape index (κ2) is 7.11. The monoisotopic (exact) mass is 326 g/mol. The summed E-state index contributed by atoms with van der Waals surface area (Å²) in [6.07, 6.45) is 0.839. The van der Waals surface area contributed by atoms with Crippen molar-refractivity contribution in [2.75, 3.05) is 20.2 Å². The summed E-state index contributed by atoms with van der Waals surface area (Å²) in [7, 11) is -2.04. The number of carbonyl (C=O) groups is 1. The molecule has 0 radical (unpaired) electrons. The highest BCUT2D eigenvalue weighted by Crippen LogP contribution is 2.15. The Morgan fingerprint density at radius 2 is 1.95 bits per heavy atom. The summed E-state index contributed by atoms with van der Waals surface area (Å²) in [5.74, 6) is -0.0170. The zero-order valence-electron chi connectivity index (χ0n) is 12.9. The average molecular weight is 326 g/mol. The Kier molecular flexibility index (Phi) is 5.42. The molecule has 1 aromatic carbocycles. The molecule has 122 valence electrons. The number of benzene rings is 1. The van der Waals surface area contributed by atoms with Gasteiger partial charge in [-0.3, -0.25) is 0 Å². The largest absolute Gasteiger partial charge is 0.453 e. The van der Waals surface area contributed by atoms with Crippen LogP contribution < -0.4 is 4.72 Å². The number of hydrogen-bond donors (Lipinski definition) is 1. The molecule has 0 atom stereocenters. The Labute approximate surface area is 131 Å². The molecule has 0 aromatic heterocycles. The molecule has 1 aliphatic heterocycles. The van der Waals surface area contributed by atoms with Gasteiger partial charge in [-0.1, -0.05) is 24.3 Å². The van der Waals surface area contributed by atoms with Gasteiger partial charge in [-0.2, -0.15) is 0 Å². The van der Waals surface area contributed by atoms with E-state index < -0.39 is 10.0 Å². The molecule has 6 nitrogen and oxygen atoms in total. The fraction of sp³-hybridized carbons (Fsp3) is 0.533. The van der Waals surface area contributed by atoms with Crippen molar-refractivity contribution in [3.63, 3.8) is 0 Å². The van der Waals surface area contributed by atoms with Crippen LogP contribution in [0.5, 0.6) is 0 Å². The highest BCUT2D eigenvalue weighted by molar-refractivity contribution is 7.88. The molecule has 7 heteroatoms. The number of aryl methyl sites for hydroxylation is 1. The predicted octanol–water partition coefficient (Wildman–Crippen LogP) is 1.65. The third-order valence-electron chi connectivity index (χ3n) is 3.88. The Morgan fingerprint density at radius 1 is 1.32 bits per heavy atom. The molecule has 0 aliphatic carbocycles. The SMILES string of the molecule is COC(=O)N1CCC(NS(=O)(=O)Cc2ccccc2C)CC1. The Balaban J connectivity index is 1.91. The lowest BCUT2D eigenvalue weighted by Crippen LogP contribution is -2.46. The van der Waals surface area contributed by atoms with Crippen molar-refractivity contribution >= 4 is 16.1 Å². The fourth-order valence-corrected chi connectivity index (χ4v) is 4.14. The Morgan fingerprint density at radius 3 is 2.55 bits per heavy atom. The Bertz CT molecular complexity index is 622. The van der Waals surface area contributed by atoms with Gasteiger partial charge in [-0.25, -0.2) is 17.9 Å². The van der Waals surface area contributed by atoms with E-state index in [2.05, 4.69) is 9.46 Å². The molecule has 1 fully saturated rings. The first-order valence-electron chi connectivity index (χ1n) is 7.28. The molecule has 0 spiro atoms. The van der Waals surface area contributed by atoms with Gasteiger partial charge < -0.3 is 9.64 Å². The van der Waals surface area contributed by atoms with E-state index >= 15 is 0 Å². The van der Waals surface area contributed by atoms with Crippen molar-refractivity contribution < 1.29 is 17.9 Å². The molecule has 1 aliphatic rings. The van der Waals surface area contributed by atoms with E-state index in [1.54, 1.807) is 4.90 Å². The summed E-state index contributed by atoms with van der Waals surface area (Å²) < 4.78 is 32.0. The summed E-state index contributed by atoms with van der Waals surface area (Å²) in [6.45, 7) is 2.91. The van der Waals surface area contributed by atoms with Crippen molar-refractivity contribution in [1.82, 2.24) is 9.62 Å². The predicted molar refractivity (Wildman–Crippen MR) is 83.9 cm³/mol. The van der Waals surface area contributed by atoms with E-state index in [4.69, 9.17) is 0 Å². The summed E-state index contributed by atoms with van der Waals surface area (Å²) in [6, 6.07) is 7.33. The van der Waals surface area contributed by atoms with Crippen LogP contribution in [0.4, 0.5) is 4.79 Å². The first-order valence-corrected chi connectivity index (χ1v) is 8.94. The molecule has 1 N–H and O–H groups in total. The van der Waals surface area contributed by atoms with Crippen LogP contribution in [0.25, 0.3) is 0 Å². The van der Waals surface area contributed by atoms with E-state index in [1.165, 1.54) is 7.11 Å². The molecule has 1 saturated heterocycles. The first-order chi connectivity index (χ1) is 10.4. The van der Waals surface area contributed by atoms with E-state index in [1.807, 2.05) is 31.2 Å². The molecule has 1 amide bonds. The maximum absolute atomic E-state index is 12.3. The van der Waals surface area contributed by atoms with Crippen molar-refractivity contribution in [3.8, 4) is 0 Å². The van der Waals surface area contributed by atoms with Crippen LogP contribution in [-0.2, 0) is 20.5 Å². The number of sulfonamides is 1. The number of nitrogens with zero attached hydrogens (tertiary/aromatic N) is 1. The number of hydrogen-bond acceptors (Lipinski definition) is 4. The highest BCUT2D eigenvalue weighted by atomic mass is 32.2. The number of carbonyl (C=O) groups excluding carboxylic acids is 1. The van der Waals surface area contributed by atoms with Gasteiger partial charge >= 0.3 is 6.09 Å². The lowest BCUT2D eigenvalue weighted by molar-refractivity contribution is 0.111. The van der Waals surface area contributed by atoms with Gasteiger partial charge in [-0.05, 0) is 30.9 Å². The van der Waals surface area contributed by atoms with Crippen molar-refractivity contribution in [3.05, 3.63) is 35.4 Å². The topological polar surface area (TPSA) is 75.7 Å². The number of likely N-dealkylation sites (tertiary alicyclic amines) is 1. The number of amides is 1.